The molecule has 1 amide bonds. The van der Waals surface area contributed by atoms with Gasteiger partial charge in [0.2, 0.25) is 5.91 Å². The second-order valence-corrected chi connectivity index (χ2v) is 4.27. The van der Waals surface area contributed by atoms with Crippen LogP contribution in [0.3, 0.4) is 0 Å². The van der Waals surface area contributed by atoms with Gasteiger partial charge in [0, 0.05) is 38.1 Å². The number of likely N-dealkylation sites (N-methyl/N-ethyl adjacent to an activating group) is 1. The summed E-state index contributed by atoms with van der Waals surface area (Å²) in [6.07, 6.45) is 6.53. The molecule has 0 fully saturated rings. The topological polar surface area (TPSA) is 44.4 Å². The van der Waals surface area contributed by atoms with E-state index < -0.39 is 0 Å². The molecule has 0 aliphatic rings. The first-order valence-electron chi connectivity index (χ1n) is 6.60. The van der Waals surface area contributed by atoms with E-state index in [0.717, 1.165) is 19.4 Å². The molecule has 1 aromatic heterocycles. The molecule has 1 rings (SSSR count). The largest absolute Gasteiger partial charge is 0.395 e. The summed E-state index contributed by atoms with van der Waals surface area (Å²) in [5.41, 5.74) is 0. The molecule has 1 N–H and O–H groups in total. The van der Waals surface area contributed by atoms with Crippen molar-refractivity contribution in [3.63, 3.8) is 0 Å². The maximum atomic E-state index is 11.8. The van der Waals surface area contributed by atoms with Gasteiger partial charge in [0.15, 0.2) is 12.4 Å². The van der Waals surface area contributed by atoms with Gasteiger partial charge in [-0.15, -0.1) is 0 Å². The Morgan fingerprint density at radius 3 is 2.56 bits per heavy atom. The number of aryl methyl sites for hydroxylation is 1. The van der Waals surface area contributed by atoms with Gasteiger partial charge in [-0.1, -0.05) is 6.07 Å². The fraction of sp³-hybridized carbons (Fsp3) is 0.571. The smallest absolute Gasteiger partial charge is 0.222 e. The highest BCUT2D eigenvalue weighted by atomic mass is 16.3. The Kier molecular flexibility index (Phi) is 7.03. The Morgan fingerprint density at radius 1 is 1.22 bits per heavy atom. The van der Waals surface area contributed by atoms with Crippen molar-refractivity contribution in [1.29, 1.82) is 0 Å². The van der Waals surface area contributed by atoms with Crippen molar-refractivity contribution in [2.24, 2.45) is 0 Å². The van der Waals surface area contributed by atoms with E-state index in [1.54, 1.807) is 4.90 Å². The normalized spacial score (nSPS) is 10.3. The summed E-state index contributed by atoms with van der Waals surface area (Å²) in [6, 6.07) is 6.00. The van der Waals surface area contributed by atoms with Crippen molar-refractivity contribution < 1.29 is 14.5 Å². The number of carbonyl (C=O) groups excluding carboxylic acids is 1. The SMILES string of the molecule is CCN(CCO)C(=O)CCCC[n+]1ccccc1. The van der Waals surface area contributed by atoms with E-state index >= 15 is 0 Å². The molecule has 4 nitrogen and oxygen atoms in total. The Hall–Kier alpha value is -1.42. The van der Waals surface area contributed by atoms with Crippen LogP contribution in [0, 0.1) is 0 Å². The monoisotopic (exact) mass is 251 g/mol. The number of hydrogen-bond acceptors (Lipinski definition) is 2. The number of amides is 1. The number of nitrogens with zero attached hydrogens (tertiary/aromatic N) is 2. The van der Waals surface area contributed by atoms with E-state index in [4.69, 9.17) is 5.11 Å². The lowest BCUT2D eigenvalue weighted by atomic mass is 10.2. The molecule has 0 unspecified atom stereocenters. The Balaban J connectivity index is 2.19. The quantitative estimate of drug-likeness (QED) is 0.553. The molecule has 18 heavy (non-hydrogen) atoms. The van der Waals surface area contributed by atoms with Crippen molar-refractivity contribution in [1.82, 2.24) is 4.90 Å². The number of aromatic nitrogens is 1. The molecule has 0 atom stereocenters. The number of aliphatic hydroxyl groups is 1. The first-order chi connectivity index (χ1) is 8.77. The molecule has 4 heteroatoms. The molecule has 0 aliphatic heterocycles. The molecular formula is C14H23N2O2+. The highest BCUT2D eigenvalue weighted by Gasteiger charge is 2.10. The number of unbranched alkanes of at least 4 members (excludes halogenated alkanes) is 1. The van der Waals surface area contributed by atoms with Gasteiger partial charge in [-0.05, 0) is 13.3 Å². The molecule has 0 saturated carbocycles. The van der Waals surface area contributed by atoms with Gasteiger partial charge in [-0.2, -0.15) is 0 Å². The summed E-state index contributed by atoms with van der Waals surface area (Å²) in [5, 5.41) is 8.84. The summed E-state index contributed by atoms with van der Waals surface area (Å²) < 4.78 is 2.12. The average Bonchev–Trinajstić information content (AvgIpc) is 2.42. The van der Waals surface area contributed by atoms with E-state index in [1.165, 1.54) is 0 Å². The third-order valence-corrected chi connectivity index (χ3v) is 2.94. The van der Waals surface area contributed by atoms with Crippen LogP contribution in [0.2, 0.25) is 0 Å². The standard InChI is InChI=1S/C14H23N2O2/c1-2-16(12-13-17)14(18)8-4-7-11-15-9-5-3-6-10-15/h3,5-6,9-10,17H,2,4,7-8,11-13H2,1H3/q+1. The minimum absolute atomic E-state index is 0.0411. The zero-order valence-corrected chi connectivity index (χ0v) is 11.1. The minimum atomic E-state index is 0.0411. The predicted molar refractivity (Wildman–Crippen MR) is 69.8 cm³/mol. The molecule has 0 saturated heterocycles. The van der Waals surface area contributed by atoms with Crippen molar-refractivity contribution in [2.45, 2.75) is 32.7 Å². The maximum Gasteiger partial charge on any atom is 0.222 e. The van der Waals surface area contributed by atoms with Crippen LogP contribution in [-0.2, 0) is 11.3 Å². The molecule has 0 aromatic carbocycles. The zero-order chi connectivity index (χ0) is 13.2. The van der Waals surface area contributed by atoms with Crippen LogP contribution >= 0.6 is 0 Å². The Labute approximate surface area is 109 Å². The summed E-state index contributed by atoms with van der Waals surface area (Å²) in [5.74, 6) is 0.143. The molecule has 100 valence electrons. The molecule has 1 heterocycles. The molecular weight excluding hydrogens is 228 g/mol. The van der Waals surface area contributed by atoms with Gasteiger partial charge >= 0.3 is 0 Å². The van der Waals surface area contributed by atoms with Gasteiger partial charge in [-0.25, -0.2) is 4.57 Å². The molecule has 1 aromatic rings. The lowest BCUT2D eigenvalue weighted by Crippen LogP contribution is -2.34. The van der Waals surface area contributed by atoms with Gasteiger partial charge in [-0.3, -0.25) is 4.79 Å². The van der Waals surface area contributed by atoms with Crippen LogP contribution in [0.1, 0.15) is 26.2 Å². The number of hydrogen-bond donors (Lipinski definition) is 1. The second kappa shape index (κ2) is 8.64. The van der Waals surface area contributed by atoms with Crippen LogP contribution in [0.25, 0.3) is 0 Å². The van der Waals surface area contributed by atoms with Crippen molar-refractivity contribution in [3.8, 4) is 0 Å². The van der Waals surface area contributed by atoms with Gasteiger partial charge in [0.05, 0.1) is 6.61 Å². The summed E-state index contributed by atoms with van der Waals surface area (Å²) in [4.78, 5) is 13.5. The van der Waals surface area contributed by atoms with Crippen LogP contribution < -0.4 is 4.57 Å². The number of aliphatic hydroxyl groups excluding tert-OH is 1. The predicted octanol–water partition coefficient (Wildman–Crippen LogP) is 0.985. The fourth-order valence-corrected chi connectivity index (χ4v) is 1.89. The molecule has 0 spiro atoms. The van der Waals surface area contributed by atoms with Crippen LogP contribution in [0.4, 0.5) is 0 Å². The first kappa shape index (κ1) is 14.6. The average molecular weight is 251 g/mol. The Bertz CT molecular complexity index is 341. The lowest BCUT2D eigenvalue weighted by molar-refractivity contribution is -0.697. The second-order valence-electron chi connectivity index (χ2n) is 4.27. The van der Waals surface area contributed by atoms with E-state index in [2.05, 4.69) is 4.57 Å². The summed E-state index contributed by atoms with van der Waals surface area (Å²) in [7, 11) is 0. The minimum Gasteiger partial charge on any atom is -0.395 e. The third-order valence-electron chi connectivity index (χ3n) is 2.94. The maximum absolute atomic E-state index is 11.8. The van der Waals surface area contributed by atoms with Crippen LogP contribution in [0.15, 0.2) is 30.6 Å². The van der Waals surface area contributed by atoms with Crippen molar-refractivity contribution in [2.75, 3.05) is 19.7 Å². The molecule has 0 aliphatic carbocycles. The Morgan fingerprint density at radius 2 is 1.94 bits per heavy atom. The summed E-state index contributed by atoms with van der Waals surface area (Å²) in [6.45, 7) is 4.04. The van der Waals surface area contributed by atoms with E-state index in [0.29, 0.717) is 19.5 Å². The van der Waals surface area contributed by atoms with Crippen LogP contribution in [0.5, 0.6) is 0 Å². The molecule has 0 bridgehead atoms. The lowest BCUT2D eigenvalue weighted by Gasteiger charge is -2.19. The van der Waals surface area contributed by atoms with Crippen molar-refractivity contribution >= 4 is 5.91 Å². The number of rotatable bonds is 8. The van der Waals surface area contributed by atoms with Crippen molar-refractivity contribution in [3.05, 3.63) is 30.6 Å². The van der Waals surface area contributed by atoms with E-state index in [-0.39, 0.29) is 12.5 Å². The molecule has 0 radical (unpaired) electrons. The van der Waals surface area contributed by atoms with Crippen LogP contribution in [-0.4, -0.2) is 35.6 Å². The first-order valence-corrected chi connectivity index (χ1v) is 6.60. The number of carbonyl (C=O) groups is 1. The van der Waals surface area contributed by atoms with E-state index in [1.807, 2.05) is 37.5 Å². The number of pyridine rings is 1. The summed E-state index contributed by atoms with van der Waals surface area (Å²) >= 11 is 0. The fourth-order valence-electron chi connectivity index (χ4n) is 1.89. The zero-order valence-electron chi connectivity index (χ0n) is 11.1. The van der Waals surface area contributed by atoms with Gasteiger partial charge < -0.3 is 10.0 Å². The third kappa shape index (κ3) is 5.27. The van der Waals surface area contributed by atoms with Gasteiger partial charge in [0.1, 0.15) is 6.54 Å². The van der Waals surface area contributed by atoms with Gasteiger partial charge in [0.25, 0.3) is 0 Å². The highest BCUT2D eigenvalue weighted by molar-refractivity contribution is 5.76. The van der Waals surface area contributed by atoms with E-state index in [9.17, 15) is 4.79 Å². The highest BCUT2D eigenvalue weighted by Crippen LogP contribution is 2.01.